The van der Waals surface area contributed by atoms with Gasteiger partial charge in [0, 0.05) is 5.92 Å². The van der Waals surface area contributed by atoms with E-state index in [0.717, 1.165) is 0 Å². The summed E-state index contributed by atoms with van der Waals surface area (Å²) in [6.45, 7) is 3.84. The summed E-state index contributed by atoms with van der Waals surface area (Å²) in [5.74, 6) is 1.52. The van der Waals surface area contributed by atoms with E-state index >= 15 is 0 Å². The molecule has 2 aliphatic rings. The Labute approximate surface area is 105 Å². The molecule has 0 saturated carbocycles. The molecule has 0 atom stereocenters. The van der Waals surface area contributed by atoms with Crippen molar-refractivity contribution in [3.63, 3.8) is 0 Å². The zero-order chi connectivity index (χ0) is 11.5. The van der Waals surface area contributed by atoms with Crippen LogP contribution in [-0.2, 0) is 0 Å². The zero-order valence-electron chi connectivity index (χ0n) is 10.4. The molecule has 0 unspecified atom stereocenters. The van der Waals surface area contributed by atoms with E-state index in [-0.39, 0.29) is 0 Å². The second kappa shape index (κ2) is 5.22. The second-order valence-electron chi connectivity index (χ2n) is 5.10. The van der Waals surface area contributed by atoms with Gasteiger partial charge in [0.25, 0.3) is 0 Å². The molecule has 1 aromatic carbocycles. The van der Waals surface area contributed by atoms with Crippen LogP contribution in [0.15, 0.2) is 24.3 Å². The second-order valence-corrected chi connectivity index (χ2v) is 5.10. The summed E-state index contributed by atoms with van der Waals surface area (Å²) in [6.07, 6.45) is 9.96. The van der Waals surface area contributed by atoms with Gasteiger partial charge in [-0.25, -0.2) is 0 Å². The molecule has 3 rings (SSSR count). The van der Waals surface area contributed by atoms with Crippen LogP contribution < -0.4 is 0 Å². The lowest BCUT2D eigenvalue weighted by Gasteiger charge is -2.27. The summed E-state index contributed by atoms with van der Waals surface area (Å²) in [4.78, 5) is 2.62. The van der Waals surface area contributed by atoms with E-state index in [2.05, 4.69) is 42.0 Å². The van der Waals surface area contributed by atoms with Gasteiger partial charge in [-0.2, -0.15) is 0 Å². The minimum absolute atomic E-state index is 1.20. The van der Waals surface area contributed by atoms with Gasteiger partial charge in [0.15, 0.2) is 0 Å². The van der Waals surface area contributed by atoms with Gasteiger partial charge in [0.2, 0.25) is 0 Å². The fourth-order valence-corrected chi connectivity index (χ4v) is 2.89. The van der Waals surface area contributed by atoms with Gasteiger partial charge in [-0.05, 0) is 62.9 Å². The number of piperidine rings is 1. The highest BCUT2D eigenvalue weighted by molar-refractivity contribution is 5.55. The molecule has 3 radical (unpaired) electrons. The highest BCUT2D eigenvalue weighted by Gasteiger charge is 2.23. The molecule has 1 aliphatic carbocycles. The van der Waals surface area contributed by atoms with Crippen LogP contribution in [0.2, 0.25) is 0 Å². The van der Waals surface area contributed by atoms with E-state index in [0.29, 0.717) is 0 Å². The molecule has 1 heteroatoms. The van der Waals surface area contributed by atoms with E-state index in [1.807, 2.05) is 0 Å². The van der Waals surface area contributed by atoms with E-state index in [1.165, 1.54) is 62.4 Å². The van der Waals surface area contributed by atoms with Gasteiger partial charge in [-0.3, -0.25) is 0 Å². The normalized spacial score (nSPS) is 21.6. The molecule has 1 fully saturated rings. The maximum absolute atomic E-state index is 2.62. The summed E-state index contributed by atoms with van der Waals surface area (Å²) in [5.41, 5.74) is 2.84. The van der Waals surface area contributed by atoms with Gasteiger partial charge in [0.05, 0.1) is 0 Å². The number of likely N-dealkylation sites (tertiary alicyclic amines) is 1. The summed E-state index contributed by atoms with van der Waals surface area (Å²) in [7, 11) is 0. The van der Waals surface area contributed by atoms with Gasteiger partial charge in [-0.1, -0.05) is 30.7 Å². The van der Waals surface area contributed by atoms with Crippen molar-refractivity contribution in [2.75, 3.05) is 19.6 Å². The molecule has 0 spiro atoms. The molecule has 0 N–H and O–H groups in total. The molecule has 1 nitrogen and oxygen atoms in total. The first kappa shape index (κ1) is 11.3. The predicted molar refractivity (Wildman–Crippen MR) is 71.4 cm³/mol. The van der Waals surface area contributed by atoms with Crippen LogP contribution in [0.3, 0.4) is 0 Å². The average molecular weight is 226 g/mol. The van der Waals surface area contributed by atoms with Crippen molar-refractivity contribution in [1.82, 2.24) is 4.90 Å². The van der Waals surface area contributed by atoms with Crippen LogP contribution in [-0.4, -0.2) is 24.5 Å². The Morgan fingerprint density at radius 2 is 1.76 bits per heavy atom. The monoisotopic (exact) mass is 226 g/mol. The van der Waals surface area contributed by atoms with Crippen molar-refractivity contribution in [2.24, 2.45) is 0 Å². The standard InChI is InChI=1S/C16H20N/c1-4-11-17(12-5-1)13-10-15-9-8-14-6-2-3-7-16(14)15/h2-3,6-9H,1,4-5,10-13H2. The summed E-state index contributed by atoms with van der Waals surface area (Å²) >= 11 is 0. The Morgan fingerprint density at radius 1 is 0.941 bits per heavy atom. The molecule has 0 amide bonds. The topological polar surface area (TPSA) is 3.24 Å². The molecule has 1 aliphatic heterocycles. The Kier molecular flexibility index (Phi) is 3.46. The number of rotatable bonds is 3. The number of fused-ring (bicyclic) bond motifs is 1. The molecule has 1 aromatic rings. The summed E-state index contributed by atoms with van der Waals surface area (Å²) < 4.78 is 0. The predicted octanol–water partition coefficient (Wildman–Crippen LogP) is 3.26. The van der Waals surface area contributed by atoms with Crippen molar-refractivity contribution in [3.05, 3.63) is 54.2 Å². The maximum Gasteiger partial charge on any atom is 0.0106 e. The summed E-state index contributed by atoms with van der Waals surface area (Å²) in [5, 5.41) is 0. The fraction of sp³-hybridized carbons (Fsp3) is 0.438. The quantitative estimate of drug-likeness (QED) is 0.764. The Morgan fingerprint density at radius 3 is 2.65 bits per heavy atom. The van der Waals surface area contributed by atoms with E-state index in [4.69, 9.17) is 0 Å². The maximum atomic E-state index is 2.62. The lowest BCUT2D eigenvalue weighted by Crippen LogP contribution is -2.31. The van der Waals surface area contributed by atoms with E-state index in [9.17, 15) is 0 Å². The van der Waals surface area contributed by atoms with E-state index < -0.39 is 0 Å². The molecule has 89 valence electrons. The van der Waals surface area contributed by atoms with Gasteiger partial charge in [0.1, 0.15) is 0 Å². The van der Waals surface area contributed by atoms with Crippen molar-refractivity contribution in [2.45, 2.75) is 25.7 Å². The van der Waals surface area contributed by atoms with Crippen molar-refractivity contribution in [3.8, 4) is 0 Å². The van der Waals surface area contributed by atoms with Crippen LogP contribution in [0.4, 0.5) is 0 Å². The number of benzene rings is 1. The van der Waals surface area contributed by atoms with Gasteiger partial charge >= 0.3 is 0 Å². The lowest BCUT2D eigenvalue weighted by molar-refractivity contribution is 0.229. The molecular weight excluding hydrogens is 206 g/mol. The van der Waals surface area contributed by atoms with Crippen LogP contribution in [0.5, 0.6) is 0 Å². The van der Waals surface area contributed by atoms with Gasteiger partial charge < -0.3 is 4.90 Å². The van der Waals surface area contributed by atoms with Crippen LogP contribution in [0.1, 0.15) is 36.8 Å². The number of hydrogen-bond donors (Lipinski definition) is 0. The third-order valence-electron chi connectivity index (χ3n) is 3.92. The first-order valence-electron chi connectivity index (χ1n) is 6.79. The Bertz CT molecular complexity index is 366. The SMILES string of the molecule is [CH]1[CH]c2ccccc2[C]1CCN1CCCCC1. The smallest absolute Gasteiger partial charge is 0.0106 e. The summed E-state index contributed by atoms with van der Waals surface area (Å²) in [6, 6.07) is 8.73. The molecule has 0 bridgehead atoms. The van der Waals surface area contributed by atoms with Gasteiger partial charge in [-0.15, -0.1) is 0 Å². The average Bonchev–Trinajstić information content (AvgIpc) is 2.81. The van der Waals surface area contributed by atoms with Crippen molar-refractivity contribution in [1.29, 1.82) is 0 Å². The number of hydrogen-bond acceptors (Lipinski definition) is 1. The highest BCUT2D eigenvalue weighted by Crippen LogP contribution is 2.34. The molecular formula is C16H20N. The molecule has 17 heavy (non-hydrogen) atoms. The van der Waals surface area contributed by atoms with Crippen molar-refractivity contribution < 1.29 is 0 Å². The van der Waals surface area contributed by atoms with Crippen LogP contribution in [0.25, 0.3) is 0 Å². The van der Waals surface area contributed by atoms with Crippen molar-refractivity contribution >= 4 is 0 Å². The fourth-order valence-electron chi connectivity index (χ4n) is 2.89. The Hall–Kier alpha value is -0.820. The molecule has 1 heterocycles. The largest absolute Gasteiger partial charge is 0.303 e. The molecule has 1 saturated heterocycles. The minimum Gasteiger partial charge on any atom is -0.303 e. The van der Waals surface area contributed by atoms with Crippen LogP contribution in [0, 0.1) is 18.8 Å². The lowest BCUT2D eigenvalue weighted by atomic mass is 9.97. The zero-order valence-corrected chi connectivity index (χ0v) is 10.4. The van der Waals surface area contributed by atoms with E-state index in [1.54, 1.807) is 0 Å². The minimum atomic E-state index is 1.20. The van der Waals surface area contributed by atoms with Crippen LogP contribution >= 0.6 is 0 Å². The number of nitrogens with zero attached hydrogens (tertiary/aromatic N) is 1. The third kappa shape index (κ3) is 2.55. The third-order valence-corrected chi connectivity index (χ3v) is 3.92. The first-order valence-corrected chi connectivity index (χ1v) is 6.79. The molecule has 0 aromatic heterocycles. The Balaban J connectivity index is 1.56. The first-order chi connectivity index (χ1) is 8.43. The highest BCUT2D eigenvalue weighted by atomic mass is 15.1.